The second-order valence-corrected chi connectivity index (χ2v) is 7.37. The van der Waals surface area contributed by atoms with Crippen LogP contribution in [0.3, 0.4) is 0 Å². The van der Waals surface area contributed by atoms with Gasteiger partial charge in [-0.05, 0) is 32.1 Å². The average Bonchev–Trinajstić information content (AvgIpc) is 2.71. The zero-order chi connectivity index (χ0) is 13.5. The molecule has 1 aliphatic heterocycles. The third kappa shape index (κ3) is 10.2. The molecule has 0 bridgehead atoms. The van der Waals surface area contributed by atoms with Crippen molar-refractivity contribution in [2.75, 3.05) is 53.9 Å². The van der Waals surface area contributed by atoms with E-state index in [1.165, 1.54) is 82.2 Å². The highest BCUT2D eigenvalue weighted by Crippen LogP contribution is 2.21. The number of likely N-dealkylation sites (tertiary alicyclic amines) is 1. The van der Waals surface area contributed by atoms with Crippen LogP contribution in [-0.2, 0) is 0 Å². The SMILES string of the molecule is CCC[N+]1(CCCCCC[N+](C)(C)C)CCCC1.[I-].[I-]. The van der Waals surface area contributed by atoms with Crippen molar-refractivity contribution in [1.29, 1.82) is 0 Å². The van der Waals surface area contributed by atoms with E-state index >= 15 is 0 Å². The molecule has 1 fully saturated rings. The fraction of sp³-hybridized carbons (Fsp3) is 1.00. The lowest BCUT2D eigenvalue weighted by molar-refractivity contribution is -0.917. The Kier molecular flexibility index (Phi) is 14.0. The Morgan fingerprint density at radius 1 is 0.800 bits per heavy atom. The number of unbranched alkanes of at least 4 members (excludes halogenated alkanes) is 3. The minimum atomic E-state index is 0. The lowest BCUT2D eigenvalue weighted by Crippen LogP contribution is -3.00. The molecule has 0 amide bonds. The first kappa shape index (κ1) is 23.6. The molecular weight excluding hydrogens is 474 g/mol. The van der Waals surface area contributed by atoms with Crippen molar-refractivity contribution in [2.45, 2.75) is 51.9 Å². The summed E-state index contributed by atoms with van der Waals surface area (Å²) in [5.74, 6) is 0. The Bertz CT molecular complexity index is 221. The highest BCUT2D eigenvalue weighted by molar-refractivity contribution is 4.55. The monoisotopic (exact) mass is 510 g/mol. The minimum Gasteiger partial charge on any atom is -1.00 e. The van der Waals surface area contributed by atoms with Crippen molar-refractivity contribution < 1.29 is 56.9 Å². The molecule has 0 aromatic carbocycles. The summed E-state index contributed by atoms with van der Waals surface area (Å²) >= 11 is 0. The summed E-state index contributed by atoms with van der Waals surface area (Å²) < 4.78 is 2.57. The van der Waals surface area contributed by atoms with Gasteiger partial charge in [0.1, 0.15) is 0 Å². The van der Waals surface area contributed by atoms with Crippen molar-refractivity contribution in [3.05, 3.63) is 0 Å². The highest BCUT2D eigenvalue weighted by Gasteiger charge is 2.29. The summed E-state index contributed by atoms with van der Waals surface area (Å²) in [5.41, 5.74) is 0. The quantitative estimate of drug-likeness (QED) is 0.180. The highest BCUT2D eigenvalue weighted by atomic mass is 127. The van der Waals surface area contributed by atoms with E-state index in [-0.39, 0.29) is 48.0 Å². The van der Waals surface area contributed by atoms with Crippen LogP contribution in [0, 0.1) is 0 Å². The van der Waals surface area contributed by atoms with Gasteiger partial charge < -0.3 is 56.9 Å². The maximum atomic E-state index is 2.35. The van der Waals surface area contributed by atoms with Crippen LogP contribution in [0.4, 0.5) is 0 Å². The normalized spacial score (nSPS) is 17.4. The summed E-state index contributed by atoms with van der Waals surface area (Å²) in [6.07, 6.45) is 10.0. The van der Waals surface area contributed by atoms with E-state index in [1.807, 2.05) is 0 Å². The smallest absolute Gasteiger partial charge is 0.0788 e. The summed E-state index contributed by atoms with van der Waals surface area (Å²) in [7, 11) is 6.89. The molecule has 20 heavy (non-hydrogen) atoms. The molecule has 0 atom stereocenters. The number of rotatable bonds is 9. The van der Waals surface area contributed by atoms with Gasteiger partial charge in [-0.3, -0.25) is 0 Å². The van der Waals surface area contributed by atoms with Crippen LogP contribution in [0.25, 0.3) is 0 Å². The summed E-state index contributed by atoms with van der Waals surface area (Å²) in [4.78, 5) is 0. The average molecular weight is 510 g/mol. The van der Waals surface area contributed by atoms with Crippen LogP contribution >= 0.6 is 0 Å². The number of nitrogens with zero attached hydrogens (tertiary/aromatic N) is 2. The summed E-state index contributed by atoms with van der Waals surface area (Å²) in [6, 6.07) is 0. The maximum absolute atomic E-state index is 2.35. The van der Waals surface area contributed by atoms with Crippen LogP contribution in [0.5, 0.6) is 0 Å². The Labute approximate surface area is 161 Å². The molecule has 4 heteroatoms. The summed E-state index contributed by atoms with van der Waals surface area (Å²) in [5, 5.41) is 0. The van der Waals surface area contributed by atoms with Gasteiger partial charge in [0.25, 0.3) is 0 Å². The zero-order valence-electron chi connectivity index (χ0n) is 14.1. The molecule has 0 unspecified atom stereocenters. The van der Waals surface area contributed by atoms with Crippen molar-refractivity contribution in [2.24, 2.45) is 0 Å². The Balaban J connectivity index is 0. The van der Waals surface area contributed by atoms with Gasteiger partial charge in [-0.15, -0.1) is 0 Å². The molecule has 1 heterocycles. The number of hydrogen-bond donors (Lipinski definition) is 0. The largest absolute Gasteiger partial charge is 1.00 e. The van der Waals surface area contributed by atoms with E-state index < -0.39 is 0 Å². The molecule has 0 spiro atoms. The molecule has 1 saturated heterocycles. The Morgan fingerprint density at radius 2 is 1.35 bits per heavy atom. The van der Waals surface area contributed by atoms with Crippen molar-refractivity contribution in [3.63, 3.8) is 0 Å². The van der Waals surface area contributed by atoms with E-state index in [2.05, 4.69) is 28.1 Å². The van der Waals surface area contributed by atoms with Crippen molar-refractivity contribution >= 4 is 0 Å². The maximum Gasteiger partial charge on any atom is 0.0788 e. The van der Waals surface area contributed by atoms with Gasteiger partial charge in [-0.2, -0.15) is 0 Å². The Morgan fingerprint density at radius 3 is 1.85 bits per heavy atom. The van der Waals surface area contributed by atoms with E-state index in [0.717, 1.165) is 4.48 Å². The van der Waals surface area contributed by atoms with Gasteiger partial charge in [0, 0.05) is 12.8 Å². The second kappa shape index (κ2) is 11.9. The van der Waals surface area contributed by atoms with Crippen molar-refractivity contribution in [3.8, 4) is 0 Å². The lowest BCUT2D eigenvalue weighted by Gasteiger charge is -2.34. The lowest BCUT2D eigenvalue weighted by atomic mass is 10.1. The third-order valence-electron chi connectivity index (χ3n) is 4.42. The number of halogens is 2. The van der Waals surface area contributed by atoms with E-state index in [0.29, 0.717) is 0 Å². The zero-order valence-corrected chi connectivity index (χ0v) is 18.5. The molecular formula is C16H36I2N2. The van der Waals surface area contributed by atoms with Crippen LogP contribution in [0.1, 0.15) is 51.9 Å². The fourth-order valence-corrected chi connectivity index (χ4v) is 3.43. The third-order valence-corrected chi connectivity index (χ3v) is 4.42. The van der Waals surface area contributed by atoms with Gasteiger partial charge in [0.2, 0.25) is 0 Å². The van der Waals surface area contributed by atoms with Crippen LogP contribution in [0.2, 0.25) is 0 Å². The topological polar surface area (TPSA) is 0 Å². The van der Waals surface area contributed by atoms with Crippen LogP contribution in [-0.4, -0.2) is 62.8 Å². The van der Waals surface area contributed by atoms with Gasteiger partial charge in [0.15, 0.2) is 0 Å². The molecule has 0 aliphatic carbocycles. The molecule has 0 radical (unpaired) electrons. The van der Waals surface area contributed by atoms with Crippen LogP contribution in [0.15, 0.2) is 0 Å². The molecule has 1 rings (SSSR count). The second-order valence-electron chi connectivity index (χ2n) is 7.37. The molecule has 1 aliphatic rings. The molecule has 0 saturated carbocycles. The molecule has 0 N–H and O–H groups in total. The van der Waals surface area contributed by atoms with Gasteiger partial charge in [-0.1, -0.05) is 6.92 Å². The predicted molar refractivity (Wildman–Crippen MR) is 80.6 cm³/mol. The van der Waals surface area contributed by atoms with Gasteiger partial charge >= 0.3 is 0 Å². The van der Waals surface area contributed by atoms with E-state index in [9.17, 15) is 0 Å². The predicted octanol–water partition coefficient (Wildman–Crippen LogP) is -2.72. The fourth-order valence-electron chi connectivity index (χ4n) is 3.43. The standard InChI is InChI=1S/C16H36N2.2HI/c1-5-12-18(15-10-11-16-18)14-9-7-6-8-13-17(2,3)4;;/h5-16H2,1-4H3;2*1H/q+2;;/p-2. The van der Waals surface area contributed by atoms with E-state index in [4.69, 9.17) is 0 Å². The van der Waals surface area contributed by atoms with Gasteiger partial charge in [0.05, 0.1) is 53.9 Å². The first-order valence-electron chi connectivity index (χ1n) is 8.13. The Hall–Kier alpha value is 1.38. The first-order valence-corrected chi connectivity index (χ1v) is 8.13. The van der Waals surface area contributed by atoms with Gasteiger partial charge in [-0.25, -0.2) is 0 Å². The summed E-state index contributed by atoms with van der Waals surface area (Å²) in [6.45, 7) is 9.49. The molecule has 2 nitrogen and oxygen atoms in total. The van der Waals surface area contributed by atoms with E-state index in [1.54, 1.807) is 0 Å². The first-order chi connectivity index (χ1) is 8.47. The number of hydrogen-bond acceptors (Lipinski definition) is 0. The number of quaternary nitrogens is 2. The molecule has 124 valence electrons. The van der Waals surface area contributed by atoms with Crippen LogP contribution < -0.4 is 48.0 Å². The molecule has 0 aromatic heterocycles. The molecule has 0 aromatic rings. The minimum absolute atomic E-state index is 0. The van der Waals surface area contributed by atoms with Crippen molar-refractivity contribution in [1.82, 2.24) is 0 Å².